The molecule has 2 nitrogen and oxygen atoms in total. The van der Waals surface area contributed by atoms with E-state index in [0.29, 0.717) is 0 Å². The zero-order chi connectivity index (χ0) is 21.8. The molecule has 0 unspecified atom stereocenters. The van der Waals surface area contributed by atoms with E-state index in [-0.39, 0.29) is 0 Å². The number of pyridine rings is 1. The predicted molar refractivity (Wildman–Crippen MR) is 136 cm³/mol. The van der Waals surface area contributed by atoms with Crippen molar-refractivity contribution >= 4 is 27.3 Å². The van der Waals surface area contributed by atoms with Gasteiger partial charge in [0.05, 0.1) is 11.2 Å². The number of aromatic nitrogens is 2. The molecule has 0 aliphatic heterocycles. The number of nitrogens with zero attached hydrogens (tertiary/aromatic N) is 2. The number of hydrogen-bond donors (Lipinski definition) is 0. The first-order valence-corrected chi connectivity index (χ1v) is 11.8. The van der Waals surface area contributed by atoms with Gasteiger partial charge in [0.1, 0.15) is 5.65 Å². The van der Waals surface area contributed by atoms with Crippen molar-refractivity contribution in [2.45, 2.75) is 26.7 Å². The molecule has 156 valence electrons. The van der Waals surface area contributed by atoms with Crippen molar-refractivity contribution < 1.29 is 0 Å². The van der Waals surface area contributed by atoms with E-state index in [1.165, 1.54) is 71.9 Å². The van der Waals surface area contributed by atoms with E-state index in [9.17, 15) is 0 Å². The molecule has 0 saturated carbocycles. The molecule has 2 heteroatoms. The van der Waals surface area contributed by atoms with Crippen LogP contribution in [-0.2, 0) is 12.8 Å². The fourth-order valence-electron chi connectivity index (χ4n) is 6.41. The van der Waals surface area contributed by atoms with Crippen LogP contribution in [-0.4, -0.2) is 9.38 Å². The fraction of sp³-hybridized carbons (Fsp3) is 0.129. The van der Waals surface area contributed by atoms with Crippen LogP contribution >= 0.6 is 0 Å². The highest BCUT2D eigenvalue weighted by atomic mass is 15.0. The summed E-state index contributed by atoms with van der Waals surface area (Å²) in [4.78, 5) is 5.02. The van der Waals surface area contributed by atoms with E-state index in [2.05, 4.69) is 91.0 Å². The Morgan fingerprint density at radius 3 is 2.27 bits per heavy atom. The van der Waals surface area contributed by atoms with Crippen molar-refractivity contribution in [2.75, 3.05) is 0 Å². The predicted octanol–water partition coefficient (Wildman–Crippen LogP) is 7.40. The molecule has 0 N–H and O–H groups in total. The van der Waals surface area contributed by atoms with Crippen molar-refractivity contribution in [3.63, 3.8) is 0 Å². The molecule has 0 spiro atoms. The highest BCUT2D eigenvalue weighted by Gasteiger charge is 2.30. The molecule has 0 saturated heterocycles. The van der Waals surface area contributed by atoms with Crippen molar-refractivity contribution in [3.8, 4) is 22.3 Å². The maximum Gasteiger partial charge on any atom is 0.145 e. The molecule has 2 aliphatic carbocycles. The highest BCUT2D eigenvalue weighted by molar-refractivity contribution is 6.16. The monoisotopic (exact) mass is 422 g/mol. The van der Waals surface area contributed by atoms with Crippen molar-refractivity contribution in [2.24, 2.45) is 0 Å². The van der Waals surface area contributed by atoms with Crippen LogP contribution in [0, 0.1) is 13.8 Å². The standard InChI is InChI=1S/C31H22N2/c1-17-18(2)33-30-25(22-9-5-6-10-26(22)31(33)32-17)12-11-20-16-28-24(29(20)30)14-13-23-21-8-4-3-7-19(21)15-27(23)28/h3-14H,15-16H2,1-2H3. The lowest BCUT2D eigenvalue weighted by Crippen LogP contribution is -1.96. The van der Waals surface area contributed by atoms with Gasteiger partial charge in [0.25, 0.3) is 0 Å². The van der Waals surface area contributed by atoms with Gasteiger partial charge in [-0.2, -0.15) is 0 Å². The maximum absolute atomic E-state index is 5.02. The average Bonchev–Trinajstić information content (AvgIpc) is 3.50. The van der Waals surface area contributed by atoms with Gasteiger partial charge in [-0.05, 0) is 71.0 Å². The summed E-state index contributed by atoms with van der Waals surface area (Å²) in [6.07, 6.45) is 2.06. The molecule has 0 fully saturated rings. The third kappa shape index (κ3) is 2.07. The molecule has 4 aromatic carbocycles. The smallest absolute Gasteiger partial charge is 0.145 e. The molecule has 0 radical (unpaired) electrons. The average molecular weight is 423 g/mol. The van der Waals surface area contributed by atoms with Gasteiger partial charge in [0.15, 0.2) is 0 Å². The van der Waals surface area contributed by atoms with Gasteiger partial charge in [-0.1, -0.05) is 72.8 Å². The minimum Gasteiger partial charge on any atom is -0.295 e. The van der Waals surface area contributed by atoms with Crippen molar-refractivity contribution in [1.82, 2.24) is 9.38 Å². The Kier molecular flexibility index (Phi) is 3.15. The Morgan fingerprint density at radius 1 is 0.636 bits per heavy atom. The summed E-state index contributed by atoms with van der Waals surface area (Å²) in [5, 5.41) is 3.83. The number of aryl methyl sites for hydroxylation is 2. The molecule has 0 amide bonds. The van der Waals surface area contributed by atoms with Crippen LogP contribution in [0.4, 0.5) is 0 Å². The zero-order valence-corrected chi connectivity index (χ0v) is 18.7. The van der Waals surface area contributed by atoms with E-state index in [1.54, 1.807) is 0 Å². The minimum atomic E-state index is 1.01. The van der Waals surface area contributed by atoms with Crippen LogP contribution in [0.25, 0.3) is 49.6 Å². The molecule has 8 rings (SSSR count). The first kappa shape index (κ1) is 17.6. The summed E-state index contributed by atoms with van der Waals surface area (Å²) in [5.74, 6) is 0. The van der Waals surface area contributed by atoms with Gasteiger partial charge in [0, 0.05) is 22.0 Å². The summed E-state index contributed by atoms with van der Waals surface area (Å²) in [5.41, 5.74) is 16.3. The quantitative estimate of drug-likeness (QED) is 0.233. The molecule has 0 atom stereocenters. The van der Waals surface area contributed by atoms with Crippen molar-refractivity contribution in [1.29, 1.82) is 0 Å². The van der Waals surface area contributed by atoms with Gasteiger partial charge in [-0.3, -0.25) is 4.40 Å². The van der Waals surface area contributed by atoms with E-state index >= 15 is 0 Å². The van der Waals surface area contributed by atoms with Crippen molar-refractivity contribution in [3.05, 3.63) is 106 Å². The lowest BCUT2D eigenvalue weighted by molar-refractivity contribution is 1.14. The topological polar surface area (TPSA) is 17.3 Å². The van der Waals surface area contributed by atoms with Gasteiger partial charge < -0.3 is 0 Å². The second-order valence-corrected chi connectivity index (χ2v) is 9.61. The van der Waals surface area contributed by atoms with E-state index in [0.717, 1.165) is 24.2 Å². The highest BCUT2D eigenvalue weighted by Crippen LogP contribution is 2.49. The number of fused-ring (bicyclic) bond motifs is 14. The number of rotatable bonds is 0. The van der Waals surface area contributed by atoms with Gasteiger partial charge >= 0.3 is 0 Å². The zero-order valence-electron chi connectivity index (χ0n) is 18.7. The third-order valence-corrected chi connectivity index (χ3v) is 8.03. The summed E-state index contributed by atoms with van der Waals surface area (Å²) in [6.45, 7) is 4.34. The molecule has 2 heterocycles. The van der Waals surface area contributed by atoms with Crippen LogP contribution in [0.5, 0.6) is 0 Å². The lowest BCUT2D eigenvalue weighted by Gasteiger charge is -2.14. The largest absolute Gasteiger partial charge is 0.295 e. The fourth-order valence-corrected chi connectivity index (χ4v) is 6.41. The summed E-state index contributed by atoms with van der Waals surface area (Å²) < 4.78 is 2.42. The Morgan fingerprint density at radius 2 is 1.36 bits per heavy atom. The molecule has 33 heavy (non-hydrogen) atoms. The van der Waals surface area contributed by atoms with E-state index < -0.39 is 0 Å². The van der Waals surface area contributed by atoms with Gasteiger partial charge in [-0.25, -0.2) is 4.98 Å². The summed E-state index contributed by atoms with van der Waals surface area (Å²) in [6, 6.07) is 27.1. The third-order valence-electron chi connectivity index (χ3n) is 8.03. The SMILES string of the molecule is Cc1nc2c3ccccc3c3ccc4c(c3n2c1C)-c1ccc2c(c1C4)Cc1ccccc1-2. The normalized spacial score (nSPS) is 13.5. The number of imidazole rings is 1. The number of benzene rings is 4. The second-order valence-electron chi connectivity index (χ2n) is 9.61. The molecule has 6 aromatic rings. The van der Waals surface area contributed by atoms with E-state index in [4.69, 9.17) is 4.98 Å². The van der Waals surface area contributed by atoms with Gasteiger partial charge in [-0.15, -0.1) is 0 Å². The molecule has 2 aliphatic rings. The molecule has 0 bridgehead atoms. The second kappa shape index (κ2) is 5.90. The van der Waals surface area contributed by atoms with Crippen LogP contribution in [0.1, 0.15) is 33.6 Å². The van der Waals surface area contributed by atoms with Crippen LogP contribution in [0.2, 0.25) is 0 Å². The lowest BCUT2D eigenvalue weighted by atomic mass is 9.95. The Labute approximate surface area is 192 Å². The van der Waals surface area contributed by atoms with Crippen LogP contribution in [0.15, 0.2) is 72.8 Å². The Hall–Kier alpha value is -3.91. The molecular formula is C31H22N2. The van der Waals surface area contributed by atoms with E-state index in [1.807, 2.05) is 0 Å². The first-order chi connectivity index (χ1) is 16.2. The first-order valence-electron chi connectivity index (χ1n) is 11.8. The van der Waals surface area contributed by atoms with Crippen LogP contribution < -0.4 is 0 Å². The van der Waals surface area contributed by atoms with Gasteiger partial charge in [0.2, 0.25) is 0 Å². The minimum absolute atomic E-state index is 1.01. The maximum atomic E-state index is 5.02. The summed E-state index contributed by atoms with van der Waals surface area (Å²) >= 11 is 0. The Balaban J connectivity index is 1.53. The Bertz CT molecular complexity index is 1830. The number of hydrogen-bond acceptors (Lipinski definition) is 1. The summed E-state index contributed by atoms with van der Waals surface area (Å²) in [7, 11) is 0. The molecule has 2 aromatic heterocycles. The molecular weight excluding hydrogens is 400 g/mol. The van der Waals surface area contributed by atoms with Crippen LogP contribution in [0.3, 0.4) is 0 Å².